The Kier molecular flexibility index (Phi) is 4.44. The Morgan fingerprint density at radius 1 is 1.31 bits per heavy atom. The molecule has 0 aromatic heterocycles. The van der Waals surface area contributed by atoms with Gasteiger partial charge in [-0.15, -0.1) is 0 Å². The van der Waals surface area contributed by atoms with Crippen LogP contribution in [0.2, 0.25) is 5.02 Å². The molecule has 9 heteroatoms. The molecule has 1 aromatic rings. The van der Waals surface area contributed by atoms with Crippen LogP contribution in [-0.4, -0.2) is 49.5 Å². The third-order valence-corrected chi connectivity index (χ3v) is 5.48. The number of nitrogens with zero attached hydrogens (tertiary/aromatic N) is 1. The van der Waals surface area contributed by atoms with Gasteiger partial charge < -0.3 is 9.47 Å². The fourth-order valence-electron chi connectivity index (χ4n) is 3.92. The van der Waals surface area contributed by atoms with E-state index in [2.05, 4.69) is 5.32 Å². The van der Waals surface area contributed by atoms with Crippen molar-refractivity contribution >= 4 is 29.4 Å². The van der Waals surface area contributed by atoms with Gasteiger partial charge in [0.05, 0.1) is 31.1 Å². The molecule has 3 rings (SSSR count). The molecule has 140 valence electrons. The summed E-state index contributed by atoms with van der Waals surface area (Å²) in [7, 11) is 3.85. The molecule has 0 saturated carbocycles. The predicted octanol–water partition coefficient (Wildman–Crippen LogP) is 1.29. The van der Waals surface area contributed by atoms with Crippen molar-refractivity contribution in [3.05, 3.63) is 28.5 Å². The molecule has 4 atom stereocenters. The standard InChI is InChI=1S/C17H18ClFN2O5/c1-17(16(24)26-4)11-10(14(22)21(2)15(11)23)12(20-17)7-5-8(18)13(25-3)9(19)6-7/h5-6,10-12,20H,1-4H3/t10-,11-,12-,17-/m1/s1. The number of carbonyl (C=O) groups is 3. The summed E-state index contributed by atoms with van der Waals surface area (Å²) in [5.41, 5.74) is -1.09. The number of amides is 2. The maximum atomic E-state index is 14.3. The van der Waals surface area contributed by atoms with Gasteiger partial charge in [0.1, 0.15) is 5.54 Å². The average Bonchev–Trinajstić information content (AvgIpc) is 3.04. The van der Waals surface area contributed by atoms with Gasteiger partial charge in [0.2, 0.25) is 11.8 Å². The van der Waals surface area contributed by atoms with E-state index in [1.54, 1.807) is 0 Å². The first-order chi connectivity index (χ1) is 12.2. The van der Waals surface area contributed by atoms with Crippen molar-refractivity contribution in [3.63, 3.8) is 0 Å². The molecule has 1 N–H and O–H groups in total. The van der Waals surface area contributed by atoms with Gasteiger partial charge in [-0.25, -0.2) is 4.39 Å². The SMILES string of the molecule is COC(=O)[C@]1(C)N[C@H](c2cc(F)c(OC)c(Cl)c2)[C@@H]2C(=O)N(C)C(=O)[C@@H]21. The van der Waals surface area contributed by atoms with Crippen LogP contribution >= 0.6 is 11.6 Å². The first-order valence-electron chi connectivity index (χ1n) is 7.87. The Labute approximate surface area is 154 Å². The number of nitrogens with one attached hydrogen (secondary N) is 1. The number of halogens is 2. The highest BCUT2D eigenvalue weighted by atomic mass is 35.5. The van der Waals surface area contributed by atoms with Gasteiger partial charge in [0.25, 0.3) is 0 Å². The van der Waals surface area contributed by atoms with Crippen molar-refractivity contribution < 1.29 is 28.2 Å². The number of fused-ring (bicyclic) bond motifs is 1. The number of likely N-dealkylation sites (tertiary alicyclic amines) is 1. The monoisotopic (exact) mass is 384 g/mol. The Balaban J connectivity index is 2.13. The number of methoxy groups -OCH3 is 2. The van der Waals surface area contributed by atoms with Gasteiger partial charge in [0, 0.05) is 13.1 Å². The van der Waals surface area contributed by atoms with Crippen molar-refractivity contribution in [2.45, 2.75) is 18.5 Å². The summed E-state index contributed by atoms with van der Waals surface area (Å²) in [4.78, 5) is 38.6. The number of hydrogen-bond donors (Lipinski definition) is 1. The molecule has 0 spiro atoms. The molecule has 2 saturated heterocycles. The number of ether oxygens (including phenoxy) is 2. The topological polar surface area (TPSA) is 84.9 Å². The summed E-state index contributed by atoms with van der Waals surface area (Å²) in [6, 6.07) is 1.85. The zero-order valence-corrected chi connectivity index (χ0v) is 15.4. The second kappa shape index (κ2) is 6.21. The van der Waals surface area contributed by atoms with Gasteiger partial charge in [-0.05, 0) is 24.6 Å². The summed E-state index contributed by atoms with van der Waals surface area (Å²) in [5.74, 6) is -4.26. The summed E-state index contributed by atoms with van der Waals surface area (Å²) in [6.07, 6.45) is 0. The molecular weight excluding hydrogens is 367 g/mol. The van der Waals surface area contributed by atoms with Crippen LogP contribution in [0.5, 0.6) is 5.75 Å². The zero-order chi connectivity index (χ0) is 19.4. The molecule has 7 nitrogen and oxygen atoms in total. The summed E-state index contributed by atoms with van der Waals surface area (Å²) >= 11 is 6.06. The average molecular weight is 385 g/mol. The number of imide groups is 1. The summed E-state index contributed by atoms with van der Waals surface area (Å²) in [6.45, 7) is 1.50. The van der Waals surface area contributed by atoms with Crippen LogP contribution in [0.3, 0.4) is 0 Å². The minimum Gasteiger partial charge on any atom is -0.492 e. The van der Waals surface area contributed by atoms with Gasteiger partial charge in [-0.3, -0.25) is 24.6 Å². The molecular formula is C17H18ClFN2O5. The minimum atomic E-state index is -1.43. The maximum absolute atomic E-state index is 14.3. The van der Waals surface area contributed by atoms with Crippen molar-refractivity contribution in [2.24, 2.45) is 11.8 Å². The second-order valence-corrected chi connectivity index (χ2v) is 6.98. The lowest BCUT2D eigenvalue weighted by Gasteiger charge is -2.28. The van der Waals surface area contributed by atoms with Gasteiger partial charge in [-0.1, -0.05) is 11.6 Å². The van der Waals surface area contributed by atoms with Crippen LogP contribution in [0.15, 0.2) is 12.1 Å². The molecule has 0 unspecified atom stereocenters. The lowest BCUT2D eigenvalue weighted by atomic mass is 9.80. The highest BCUT2D eigenvalue weighted by Crippen LogP contribution is 2.49. The molecule has 0 bridgehead atoms. The Hall–Kier alpha value is -2.19. The maximum Gasteiger partial charge on any atom is 0.326 e. The lowest BCUT2D eigenvalue weighted by Crippen LogP contribution is -2.53. The van der Waals surface area contributed by atoms with Gasteiger partial charge in [0.15, 0.2) is 11.6 Å². The van der Waals surface area contributed by atoms with E-state index in [0.717, 1.165) is 4.90 Å². The first-order valence-corrected chi connectivity index (χ1v) is 8.25. The van der Waals surface area contributed by atoms with E-state index in [1.165, 1.54) is 40.3 Å². The van der Waals surface area contributed by atoms with Crippen LogP contribution in [0.4, 0.5) is 4.39 Å². The Bertz CT molecular complexity index is 793. The van der Waals surface area contributed by atoms with E-state index in [0.29, 0.717) is 5.56 Å². The smallest absolute Gasteiger partial charge is 0.326 e. The zero-order valence-electron chi connectivity index (χ0n) is 14.6. The summed E-state index contributed by atoms with van der Waals surface area (Å²) in [5, 5.41) is 3.03. The molecule has 2 amide bonds. The highest BCUT2D eigenvalue weighted by Gasteiger charge is 2.66. The molecule has 0 radical (unpaired) electrons. The number of esters is 1. The fraction of sp³-hybridized carbons (Fsp3) is 0.471. The number of carbonyl (C=O) groups excluding carboxylic acids is 3. The van der Waals surface area contributed by atoms with E-state index in [1.807, 2.05) is 0 Å². The molecule has 2 fully saturated rings. The van der Waals surface area contributed by atoms with Gasteiger partial charge >= 0.3 is 5.97 Å². The Morgan fingerprint density at radius 2 is 1.96 bits per heavy atom. The van der Waals surface area contributed by atoms with Crippen molar-refractivity contribution in [1.29, 1.82) is 0 Å². The van der Waals surface area contributed by atoms with Crippen LogP contribution in [0.1, 0.15) is 18.5 Å². The first kappa shape index (κ1) is 18.6. The van der Waals surface area contributed by atoms with E-state index >= 15 is 0 Å². The van der Waals surface area contributed by atoms with Crippen molar-refractivity contribution in [1.82, 2.24) is 10.2 Å². The van der Waals surface area contributed by atoms with Crippen LogP contribution in [-0.2, 0) is 19.1 Å². The van der Waals surface area contributed by atoms with Crippen LogP contribution in [0, 0.1) is 17.7 Å². The number of benzene rings is 1. The Morgan fingerprint density at radius 3 is 2.50 bits per heavy atom. The second-order valence-electron chi connectivity index (χ2n) is 6.57. The molecule has 26 heavy (non-hydrogen) atoms. The molecule has 0 aliphatic carbocycles. The van der Waals surface area contributed by atoms with Gasteiger partial charge in [-0.2, -0.15) is 0 Å². The lowest BCUT2D eigenvalue weighted by molar-refractivity contribution is -0.152. The largest absolute Gasteiger partial charge is 0.492 e. The van der Waals surface area contributed by atoms with E-state index in [9.17, 15) is 18.8 Å². The number of hydrogen-bond acceptors (Lipinski definition) is 6. The van der Waals surface area contributed by atoms with Crippen LogP contribution < -0.4 is 10.1 Å². The van der Waals surface area contributed by atoms with E-state index < -0.39 is 47.0 Å². The number of rotatable bonds is 3. The minimum absolute atomic E-state index is 0.0256. The quantitative estimate of drug-likeness (QED) is 0.624. The van der Waals surface area contributed by atoms with Crippen molar-refractivity contribution in [2.75, 3.05) is 21.3 Å². The van der Waals surface area contributed by atoms with E-state index in [4.69, 9.17) is 21.1 Å². The summed E-state index contributed by atoms with van der Waals surface area (Å²) < 4.78 is 24.0. The highest BCUT2D eigenvalue weighted by molar-refractivity contribution is 6.32. The van der Waals surface area contributed by atoms with E-state index in [-0.39, 0.29) is 10.8 Å². The third kappa shape index (κ3) is 2.39. The third-order valence-electron chi connectivity index (χ3n) is 5.20. The molecule has 2 heterocycles. The molecule has 1 aromatic carbocycles. The normalized spacial score (nSPS) is 30.5. The molecule has 2 aliphatic heterocycles. The van der Waals surface area contributed by atoms with Crippen molar-refractivity contribution in [3.8, 4) is 5.75 Å². The fourth-order valence-corrected chi connectivity index (χ4v) is 4.22. The molecule has 2 aliphatic rings. The van der Waals surface area contributed by atoms with Crippen LogP contribution in [0.25, 0.3) is 0 Å². The predicted molar refractivity (Wildman–Crippen MR) is 89.0 cm³/mol.